The number of allylic oxidation sites excluding steroid dienone is 1. The van der Waals surface area contributed by atoms with Gasteiger partial charge < -0.3 is 5.32 Å². The molecule has 0 spiro atoms. The standard InChI is InChI=1S/C10H17N.C2H6.H2/c1-2-5-10-8-11-7-3-6-9(10)4-1;1-2;/h3,7,9-11H,1-2,4-6,8H2;1-2H3;1H. The quantitative estimate of drug-likeness (QED) is 0.605. The van der Waals surface area contributed by atoms with Gasteiger partial charge in [-0.3, -0.25) is 0 Å². The van der Waals surface area contributed by atoms with Crippen molar-refractivity contribution in [3.8, 4) is 0 Å². The van der Waals surface area contributed by atoms with E-state index in [-0.39, 0.29) is 1.43 Å². The van der Waals surface area contributed by atoms with Gasteiger partial charge in [-0.1, -0.05) is 32.8 Å². The highest BCUT2D eigenvalue weighted by Crippen LogP contribution is 2.32. The molecule has 0 amide bonds. The molecule has 0 saturated heterocycles. The van der Waals surface area contributed by atoms with Crippen molar-refractivity contribution in [2.45, 2.75) is 46.0 Å². The second-order valence-corrected chi connectivity index (χ2v) is 3.85. The molecule has 1 N–H and O–H groups in total. The second-order valence-electron chi connectivity index (χ2n) is 3.85. The number of nitrogens with one attached hydrogen (secondary N) is 1. The molecule has 0 bridgehead atoms. The Bertz CT molecular complexity index is 156. The maximum absolute atomic E-state index is 3.37. The van der Waals surface area contributed by atoms with Gasteiger partial charge in [0.2, 0.25) is 0 Å². The van der Waals surface area contributed by atoms with Gasteiger partial charge in [0.25, 0.3) is 0 Å². The van der Waals surface area contributed by atoms with Crippen molar-refractivity contribution in [3.63, 3.8) is 0 Å². The van der Waals surface area contributed by atoms with Crippen LogP contribution in [-0.2, 0) is 0 Å². The fourth-order valence-corrected chi connectivity index (χ4v) is 2.41. The van der Waals surface area contributed by atoms with Crippen LogP contribution in [0.1, 0.15) is 47.4 Å². The van der Waals surface area contributed by atoms with Crippen molar-refractivity contribution in [1.29, 1.82) is 0 Å². The van der Waals surface area contributed by atoms with Gasteiger partial charge in [0, 0.05) is 7.97 Å². The molecule has 1 saturated carbocycles. The van der Waals surface area contributed by atoms with Crippen LogP contribution in [0.15, 0.2) is 12.3 Å². The minimum absolute atomic E-state index is 0. The van der Waals surface area contributed by atoms with Crippen LogP contribution in [0.3, 0.4) is 0 Å². The fraction of sp³-hybridized carbons (Fsp3) is 0.833. The Morgan fingerprint density at radius 2 is 1.85 bits per heavy atom. The lowest BCUT2D eigenvalue weighted by Crippen LogP contribution is -2.26. The summed E-state index contributed by atoms with van der Waals surface area (Å²) in [6, 6.07) is 0. The van der Waals surface area contributed by atoms with Gasteiger partial charge in [0.1, 0.15) is 0 Å². The van der Waals surface area contributed by atoms with Crippen molar-refractivity contribution in [3.05, 3.63) is 12.3 Å². The molecule has 2 aliphatic rings. The molecular weight excluding hydrogens is 158 g/mol. The first-order valence-electron chi connectivity index (χ1n) is 5.85. The Morgan fingerprint density at radius 1 is 1.15 bits per heavy atom. The molecule has 2 atom stereocenters. The highest BCUT2D eigenvalue weighted by atomic mass is 14.8. The first-order valence-corrected chi connectivity index (χ1v) is 5.85. The van der Waals surface area contributed by atoms with Gasteiger partial charge in [-0.25, -0.2) is 0 Å². The Morgan fingerprint density at radius 3 is 2.62 bits per heavy atom. The van der Waals surface area contributed by atoms with Crippen LogP contribution in [0.2, 0.25) is 0 Å². The third kappa shape index (κ3) is 3.06. The summed E-state index contributed by atoms with van der Waals surface area (Å²) >= 11 is 0. The molecule has 0 radical (unpaired) electrons. The SMILES string of the molecule is C1=CNCC2CCCCC2C1.CC.[HH]. The van der Waals surface area contributed by atoms with E-state index in [9.17, 15) is 0 Å². The summed E-state index contributed by atoms with van der Waals surface area (Å²) in [4.78, 5) is 0. The van der Waals surface area contributed by atoms with Crippen molar-refractivity contribution < 1.29 is 1.43 Å². The topological polar surface area (TPSA) is 12.0 Å². The molecule has 1 heterocycles. The van der Waals surface area contributed by atoms with Gasteiger partial charge in [0.15, 0.2) is 0 Å². The molecular formula is C12H25N. The third-order valence-corrected chi connectivity index (χ3v) is 3.12. The van der Waals surface area contributed by atoms with E-state index in [0.717, 1.165) is 11.8 Å². The first kappa shape index (κ1) is 10.6. The molecule has 1 aliphatic heterocycles. The lowest BCUT2D eigenvalue weighted by molar-refractivity contribution is 0.243. The highest BCUT2D eigenvalue weighted by Gasteiger charge is 2.24. The average molecular weight is 183 g/mol. The molecule has 1 nitrogen and oxygen atoms in total. The number of hydrogen-bond donors (Lipinski definition) is 1. The number of fused-ring (bicyclic) bond motifs is 1. The molecule has 13 heavy (non-hydrogen) atoms. The Labute approximate surface area is 84.1 Å². The fourth-order valence-electron chi connectivity index (χ4n) is 2.41. The van der Waals surface area contributed by atoms with Gasteiger partial charge in [0.05, 0.1) is 0 Å². The van der Waals surface area contributed by atoms with Crippen molar-refractivity contribution in [2.24, 2.45) is 11.8 Å². The van der Waals surface area contributed by atoms with E-state index in [2.05, 4.69) is 17.6 Å². The molecule has 2 rings (SSSR count). The van der Waals surface area contributed by atoms with Crippen LogP contribution in [0, 0.1) is 11.8 Å². The van der Waals surface area contributed by atoms with Crippen molar-refractivity contribution >= 4 is 0 Å². The molecule has 1 aliphatic carbocycles. The predicted octanol–water partition coefficient (Wildman–Crippen LogP) is 3.57. The average Bonchev–Trinajstić information content (AvgIpc) is 2.45. The van der Waals surface area contributed by atoms with Crippen LogP contribution in [-0.4, -0.2) is 6.54 Å². The minimum atomic E-state index is 0. The summed E-state index contributed by atoms with van der Waals surface area (Å²) in [5.74, 6) is 1.97. The van der Waals surface area contributed by atoms with E-state index in [1.165, 1.54) is 38.6 Å². The number of hydrogen-bond acceptors (Lipinski definition) is 1. The summed E-state index contributed by atoms with van der Waals surface area (Å²) in [5.41, 5.74) is 0. The Balaban J connectivity index is 0.000000531. The summed E-state index contributed by atoms with van der Waals surface area (Å²) in [6.45, 7) is 5.22. The van der Waals surface area contributed by atoms with Crippen LogP contribution < -0.4 is 5.32 Å². The molecule has 2 unspecified atom stereocenters. The monoisotopic (exact) mass is 183 g/mol. The van der Waals surface area contributed by atoms with Gasteiger partial charge >= 0.3 is 0 Å². The molecule has 1 heteroatoms. The summed E-state index contributed by atoms with van der Waals surface area (Å²) in [5, 5.41) is 3.37. The molecule has 0 aromatic rings. The molecule has 78 valence electrons. The van der Waals surface area contributed by atoms with E-state index in [1.807, 2.05) is 13.8 Å². The van der Waals surface area contributed by atoms with Crippen LogP contribution in [0.5, 0.6) is 0 Å². The van der Waals surface area contributed by atoms with E-state index in [4.69, 9.17) is 0 Å². The summed E-state index contributed by atoms with van der Waals surface area (Å²) in [6.07, 6.45) is 11.6. The third-order valence-electron chi connectivity index (χ3n) is 3.12. The number of rotatable bonds is 0. The smallest absolute Gasteiger partial charge is 0.0172 e. The molecule has 1 fully saturated rings. The Hall–Kier alpha value is -0.460. The zero-order valence-corrected chi connectivity index (χ0v) is 9.05. The molecule has 0 aromatic carbocycles. The summed E-state index contributed by atoms with van der Waals surface area (Å²) in [7, 11) is 0. The van der Waals surface area contributed by atoms with E-state index in [0.29, 0.717) is 0 Å². The lowest BCUT2D eigenvalue weighted by atomic mass is 9.78. The van der Waals surface area contributed by atoms with Crippen LogP contribution in [0.25, 0.3) is 0 Å². The Kier molecular flexibility index (Phi) is 4.95. The van der Waals surface area contributed by atoms with E-state index >= 15 is 0 Å². The van der Waals surface area contributed by atoms with Crippen LogP contribution in [0.4, 0.5) is 0 Å². The van der Waals surface area contributed by atoms with Crippen molar-refractivity contribution in [2.75, 3.05) is 6.54 Å². The maximum atomic E-state index is 3.37. The molecule has 0 aromatic heterocycles. The zero-order valence-electron chi connectivity index (χ0n) is 9.05. The zero-order chi connectivity index (χ0) is 9.52. The minimum Gasteiger partial charge on any atom is -0.391 e. The largest absolute Gasteiger partial charge is 0.391 e. The maximum Gasteiger partial charge on any atom is 0.0172 e. The predicted molar refractivity (Wildman–Crippen MR) is 60.7 cm³/mol. The highest BCUT2D eigenvalue weighted by molar-refractivity contribution is 4.91. The van der Waals surface area contributed by atoms with Crippen molar-refractivity contribution in [1.82, 2.24) is 5.32 Å². The first-order chi connectivity index (χ1) is 6.47. The van der Waals surface area contributed by atoms with Gasteiger partial charge in [-0.05, 0) is 37.3 Å². The van der Waals surface area contributed by atoms with Gasteiger partial charge in [-0.2, -0.15) is 0 Å². The van der Waals surface area contributed by atoms with E-state index in [1.54, 1.807) is 0 Å². The van der Waals surface area contributed by atoms with Gasteiger partial charge in [-0.15, -0.1) is 0 Å². The lowest BCUT2D eigenvalue weighted by Gasteiger charge is -2.29. The summed E-state index contributed by atoms with van der Waals surface area (Å²) < 4.78 is 0. The normalized spacial score (nSPS) is 31.8. The second kappa shape index (κ2) is 6.06. The van der Waals surface area contributed by atoms with Crippen LogP contribution >= 0.6 is 0 Å². The van der Waals surface area contributed by atoms with E-state index < -0.39 is 0 Å².